The molecule has 0 aliphatic carbocycles. The molecule has 0 aromatic heterocycles. The van der Waals surface area contributed by atoms with Crippen molar-refractivity contribution in [1.82, 2.24) is 0 Å². The van der Waals surface area contributed by atoms with Crippen LogP contribution in [0.1, 0.15) is 43.0 Å². The van der Waals surface area contributed by atoms with Crippen LogP contribution in [0, 0.1) is 6.92 Å². The van der Waals surface area contributed by atoms with Gasteiger partial charge >= 0.3 is 0 Å². The van der Waals surface area contributed by atoms with E-state index in [0.29, 0.717) is 0 Å². The van der Waals surface area contributed by atoms with Gasteiger partial charge in [-0.15, -0.1) is 0 Å². The molecule has 0 saturated carbocycles. The summed E-state index contributed by atoms with van der Waals surface area (Å²) in [5.41, 5.74) is 4.86. The number of hydrogen-bond acceptors (Lipinski definition) is 3. The Hall–Kier alpha value is -2.72. The first kappa shape index (κ1) is 22.0. The van der Waals surface area contributed by atoms with Gasteiger partial charge in [0.1, 0.15) is 28.7 Å². The van der Waals surface area contributed by atoms with Gasteiger partial charge in [0.15, 0.2) is 0 Å². The van der Waals surface area contributed by atoms with Crippen molar-refractivity contribution in [2.75, 3.05) is 0 Å². The van der Waals surface area contributed by atoms with E-state index in [1.807, 2.05) is 12.1 Å². The van der Waals surface area contributed by atoms with Gasteiger partial charge in [-0.05, 0) is 91.4 Å². The van der Waals surface area contributed by atoms with Gasteiger partial charge in [-0.25, -0.2) is 0 Å². The van der Waals surface area contributed by atoms with E-state index in [9.17, 15) is 0 Å². The Labute approximate surface area is 183 Å². The van der Waals surface area contributed by atoms with Crippen LogP contribution in [0.15, 0.2) is 54.6 Å². The molecule has 0 radical (unpaired) electrons. The smallest absolute Gasteiger partial charge is 0.216 e. The highest BCUT2D eigenvalue weighted by Gasteiger charge is 2.08. The molecule has 0 saturated heterocycles. The summed E-state index contributed by atoms with van der Waals surface area (Å²) in [7, 11) is -0.529. The number of aryl methyl sites for hydroxylation is 4. The second-order valence-electron chi connectivity index (χ2n) is 7.48. The van der Waals surface area contributed by atoms with Crippen LogP contribution in [0.2, 0.25) is 6.55 Å². The normalized spacial score (nSPS) is 11.1. The first-order chi connectivity index (χ1) is 14.5. The second kappa shape index (κ2) is 10.3. The third kappa shape index (κ3) is 5.89. The maximum Gasteiger partial charge on any atom is 0.216 e. The molecule has 0 bridgehead atoms. The number of ether oxygens (including phenoxy) is 2. The maximum absolute atomic E-state index is 6.25. The number of hydrogen-bond donors (Lipinski definition) is 0. The van der Waals surface area contributed by atoms with Gasteiger partial charge < -0.3 is 13.9 Å². The van der Waals surface area contributed by atoms with Crippen LogP contribution in [0.25, 0.3) is 0 Å². The molecule has 3 nitrogen and oxygen atoms in total. The molecule has 0 N–H and O–H groups in total. The zero-order valence-corrected chi connectivity index (χ0v) is 20.2. The molecule has 158 valence electrons. The first-order valence-electron chi connectivity index (χ1n) is 10.9. The van der Waals surface area contributed by atoms with Crippen molar-refractivity contribution >= 4 is 9.76 Å². The summed E-state index contributed by atoms with van der Waals surface area (Å²) in [5.74, 6) is 4.13. The molecule has 0 fully saturated rings. The van der Waals surface area contributed by atoms with Crippen LogP contribution < -0.4 is 13.9 Å². The van der Waals surface area contributed by atoms with E-state index in [1.165, 1.54) is 22.3 Å². The zero-order chi connectivity index (χ0) is 21.5. The van der Waals surface area contributed by atoms with E-state index in [0.717, 1.165) is 48.0 Å². The molecule has 3 rings (SSSR count). The van der Waals surface area contributed by atoms with E-state index in [4.69, 9.17) is 13.9 Å². The molecule has 0 aliphatic rings. The summed E-state index contributed by atoms with van der Waals surface area (Å²) in [6.07, 6.45) is 2.84. The lowest BCUT2D eigenvalue weighted by molar-refractivity contribution is 0.456. The molecule has 30 heavy (non-hydrogen) atoms. The lowest BCUT2D eigenvalue weighted by Gasteiger charge is -2.14. The Balaban J connectivity index is 1.90. The fourth-order valence-electron chi connectivity index (χ4n) is 3.46. The summed E-state index contributed by atoms with van der Waals surface area (Å²) in [4.78, 5) is 0. The molecular formula is C26H32O3Si. The van der Waals surface area contributed by atoms with Crippen molar-refractivity contribution < 1.29 is 13.9 Å². The van der Waals surface area contributed by atoms with Crippen molar-refractivity contribution in [1.29, 1.82) is 0 Å². The summed E-state index contributed by atoms with van der Waals surface area (Å²) in [6.45, 7) is 10.7. The van der Waals surface area contributed by atoms with Crippen LogP contribution in [-0.4, -0.2) is 9.76 Å². The quantitative estimate of drug-likeness (QED) is 0.357. The molecule has 0 heterocycles. The van der Waals surface area contributed by atoms with Gasteiger partial charge in [0.2, 0.25) is 9.76 Å². The average Bonchev–Trinajstić information content (AvgIpc) is 2.73. The van der Waals surface area contributed by atoms with Crippen molar-refractivity contribution in [2.24, 2.45) is 0 Å². The van der Waals surface area contributed by atoms with Crippen molar-refractivity contribution in [3.63, 3.8) is 0 Å². The molecule has 3 aromatic carbocycles. The predicted octanol–water partition coefficient (Wildman–Crippen LogP) is 6.78. The molecule has 4 heteroatoms. The van der Waals surface area contributed by atoms with Crippen molar-refractivity contribution in [3.05, 3.63) is 76.9 Å². The molecule has 3 aromatic rings. The maximum atomic E-state index is 6.25. The molecule has 0 spiro atoms. The van der Waals surface area contributed by atoms with Crippen LogP contribution in [-0.2, 0) is 19.3 Å². The fourth-order valence-corrected chi connectivity index (χ4v) is 3.96. The highest BCUT2D eigenvalue weighted by molar-refractivity contribution is 6.26. The number of rotatable bonds is 9. The predicted molar refractivity (Wildman–Crippen MR) is 127 cm³/mol. The molecular weight excluding hydrogens is 388 g/mol. The molecule has 0 amide bonds. The minimum absolute atomic E-state index is 0.529. The van der Waals surface area contributed by atoms with Crippen LogP contribution >= 0.6 is 0 Å². The lowest BCUT2D eigenvalue weighted by atomic mass is 10.1. The van der Waals surface area contributed by atoms with Gasteiger partial charge in [0.05, 0.1) is 0 Å². The summed E-state index contributed by atoms with van der Waals surface area (Å²) in [5, 5.41) is 0. The minimum Gasteiger partial charge on any atom is -0.550 e. The van der Waals surface area contributed by atoms with Crippen LogP contribution in [0.3, 0.4) is 0 Å². The minimum atomic E-state index is -0.529. The van der Waals surface area contributed by atoms with E-state index in [-0.39, 0.29) is 0 Å². The Morgan fingerprint density at radius 1 is 0.567 bits per heavy atom. The van der Waals surface area contributed by atoms with E-state index in [1.54, 1.807) is 0 Å². The third-order valence-electron chi connectivity index (χ3n) is 5.00. The molecule has 0 unspecified atom stereocenters. The SMILES string of the molecule is CCc1cc(C)cc(Oc2cc(CC)cc(Oc3cc(CC)cc(O[SiH2]C)c3)c2)c1. The Bertz CT molecular complexity index is 998. The monoisotopic (exact) mass is 420 g/mol. The van der Waals surface area contributed by atoms with Crippen LogP contribution in [0.4, 0.5) is 0 Å². The van der Waals surface area contributed by atoms with Crippen LogP contribution in [0.5, 0.6) is 28.7 Å². The van der Waals surface area contributed by atoms with Gasteiger partial charge in [-0.2, -0.15) is 0 Å². The highest BCUT2D eigenvalue weighted by Crippen LogP contribution is 2.33. The zero-order valence-electron chi connectivity index (χ0n) is 18.7. The topological polar surface area (TPSA) is 27.7 Å². The van der Waals surface area contributed by atoms with Gasteiger partial charge in [-0.1, -0.05) is 26.8 Å². The summed E-state index contributed by atoms with van der Waals surface area (Å²) < 4.78 is 18.3. The summed E-state index contributed by atoms with van der Waals surface area (Å²) >= 11 is 0. The standard InChI is InChI=1S/C26H32O3Si/c1-6-19-9-18(4)10-22(11-19)27-23-12-20(7-2)13-24(16-23)28-25-14-21(8-3)15-26(17-25)29-30-5/h9-17H,6-8,30H2,1-5H3. The van der Waals surface area contributed by atoms with Crippen molar-refractivity contribution in [2.45, 2.75) is 53.5 Å². The third-order valence-corrected chi connectivity index (χ3v) is 5.62. The number of benzene rings is 3. The molecule has 0 atom stereocenters. The summed E-state index contributed by atoms with van der Waals surface area (Å²) in [6, 6.07) is 18.7. The first-order valence-corrected chi connectivity index (χ1v) is 12.9. The molecule has 0 aliphatic heterocycles. The van der Waals surface area contributed by atoms with E-state index < -0.39 is 9.76 Å². The largest absolute Gasteiger partial charge is 0.550 e. The Morgan fingerprint density at radius 3 is 1.43 bits per heavy atom. The lowest BCUT2D eigenvalue weighted by Crippen LogP contribution is -1.97. The second-order valence-corrected chi connectivity index (χ2v) is 8.34. The Morgan fingerprint density at radius 2 is 0.967 bits per heavy atom. The van der Waals surface area contributed by atoms with Gasteiger partial charge in [0.25, 0.3) is 0 Å². The van der Waals surface area contributed by atoms with E-state index >= 15 is 0 Å². The fraction of sp³-hybridized carbons (Fsp3) is 0.308. The highest BCUT2D eigenvalue weighted by atomic mass is 28.2. The van der Waals surface area contributed by atoms with Crippen molar-refractivity contribution in [3.8, 4) is 28.7 Å². The van der Waals surface area contributed by atoms with Gasteiger partial charge in [-0.3, -0.25) is 0 Å². The average molecular weight is 421 g/mol. The van der Waals surface area contributed by atoms with Gasteiger partial charge in [0, 0.05) is 12.1 Å². The Kier molecular flexibility index (Phi) is 7.58. The van der Waals surface area contributed by atoms with E-state index in [2.05, 4.69) is 76.7 Å².